The number of esters is 1. The number of hydrogen-bond donors (Lipinski definition) is 1. The fourth-order valence-corrected chi connectivity index (χ4v) is 2.75. The van der Waals surface area contributed by atoms with Crippen molar-refractivity contribution in [2.24, 2.45) is 7.05 Å². The summed E-state index contributed by atoms with van der Waals surface area (Å²) in [5.74, 6) is -0.842. The maximum absolute atomic E-state index is 11.6. The molecule has 0 bridgehead atoms. The molecule has 0 atom stereocenters. The van der Waals surface area contributed by atoms with Gasteiger partial charge in [-0.2, -0.15) is 5.10 Å². The molecule has 7 heteroatoms. The zero-order valence-corrected chi connectivity index (χ0v) is 13.5. The van der Waals surface area contributed by atoms with Crippen molar-refractivity contribution < 1.29 is 14.3 Å². The Balaban J connectivity index is 1.79. The van der Waals surface area contributed by atoms with Gasteiger partial charge in [0.15, 0.2) is 6.61 Å². The molecule has 1 aromatic heterocycles. The SMILES string of the molecule is Cc1nn(C)c(Cl)c1/C=C/C(=O)OCC(=O)NC1CCCC1. The highest BCUT2D eigenvalue weighted by Crippen LogP contribution is 2.20. The van der Waals surface area contributed by atoms with E-state index in [0.29, 0.717) is 10.7 Å². The molecule has 1 aliphatic rings. The maximum Gasteiger partial charge on any atom is 0.331 e. The van der Waals surface area contributed by atoms with E-state index in [1.807, 2.05) is 0 Å². The molecular weight excluding hydrogens is 306 g/mol. The van der Waals surface area contributed by atoms with Gasteiger partial charge in [-0.1, -0.05) is 24.4 Å². The second-order valence-electron chi connectivity index (χ2n) is 5.40. The summed E-state index contributed by atoms with van der Waals surface area (Å²) in [6.07, 6.45) is 7.06. The van der Waals surface area contributed by atoms with Gasteiger partial charge in [-0.25, -0.2) is 4.79 Å². The van der Waals surface area contributed by atoms with Crippen LogP contribution in [0.3, 0.4) is 0 Å². The van der Waals surface area contributed by atoms with E-state index in [2.05, 4.69) is 10.4 Å². The molecule has 1 fully saturated rings. The molecule has 0 radical (unpaired) electrons. The van der Waals surface area contributed by atoms with Crippen molar-refractivity contribution in [1.82, 2.24) is 15.1 Å². The molecule has 1 amide bonds. The molecule has 1 aliphatic carbocycles. The smallest absolute Gasteiger partial charge is 0.331 e. The Labute approximate surface area is 134 Å². The minimum atomic E-state index is -0.583. The standard InChI is InChI=1S/C15H20ClN3O3/c1-10-12(15(16)19(2)18-10)7-8-14(21)22-9-13(20)17-11-5-3-4-6-11/h7-8,11H,3-6,9H2,1-2H3,(H,17,20)/b8-7+. The predicted octanol–water partition coefficient (Wildman–Crippen LogP) is 2.00. The quantitative estimate of drug-likeness (QED) is 0.664. The number of aromatic nitrogens is 2. The highest BCUT2D eigenvalue weighted by Gasteiger charge is 2.17. The summed E-state index contributed by atoms with van der Waals surface area (Å²) >= 11 is 6.05. The van der Waals surface area contributed by atoms with Gasteiger partial charge in [0.1, 0.15) is 5.15 Å². The molecule has 0 aliphatic heterocycles. The van der Waals surface area contributed by atoms with E-state index in [0.717, 1.165) is 31.4 Å². The Morgan fingerprint density at radius 3 is 2.73 bits per heavy atom. The number of carbonyl (C=O) groups is 2. The molecule has 2 rings (SSSR count). The van der Waals surface area contributed by atoms with Gasteiger partial charge in [0.05, 0.1) is 5.69 Å². The van der Waals surface area contributed by atoms with E-state index in [9.17, 15) is 9.59 Å². The minimum absolute atomic E-state index is 0.221. The summed E-state index contributed by atoms with van der Waals surface area (Å²) < 4.78 is 6.44. The number of amides is 1. The molecule has 1 aromatic rings. The van der Waals surface area contributed by atoms with E-state index in [1.54, 1.807) is 20.0 Å². The summed E-state index contributed by atoms with van der Waals surface area (Å²) in [5, 5.41) is 7.44. The number of ether oxygens (including phenoxy) is 1. The first-order valence-electron chi connectivity index (χ1n) is 7.30. The Hall–Kier alpha value is -1.82. The van der Waals surface area contributed by atoms with Crippen LogP contribution in [0.2, 0.25) is 5.15 Å². The fourth-order valence-electron chi connectivity index (χ4n) is 2.51. The number of halogens is 1. The van der Waals surface area contributed by atoms with Gasteiger partial charge in [0.25, 0.3) is 5.91 Å². The maximum atomic E-state index is 11.6. The van der Waals surface area contributed by atoms with Gasteiger partial charge >= 0.3 is 5.97 Å². The van der Waals surface area contributed by atoms with Crippen LogP contribution in [0.4, 0.5) is 0 Å². The zero-order valence-electron chi connectivity index (χ0n) is 12.8. The first-order chi connectivity index (χ1) is 10.5. The van der Waals surface area contributed by atoms with Crippen molar-refractivity contribution in [2.45, 2.75) is 38.6 Å². The molecule has 0 unspecified atom stereocenters. The minimum Gasteiger partial charge on any atom is -0.452 e. The second kappa shape index (κ2) is 7.45. The van der Waals surface area contributed by atoms with Gasteiger partial charge in [-0.05, 0) is 25.8 Å². The Kier molecular flexibility index (Phi) is 5.60. The van der Waals surface area contributed by atoms with Crippen LogP contribution in [0.1, 0.15) is 36.9 Å². The topological polar surface area (TPSA) is 73.2 Å². The van der Waals surface area contributed by atoms with Crippen molar-refractivity contribution in [3.8, 4) is 0 Å². The summed E-state index contributed by atoms with van der Waals surface area (Å²) in [6, 6.07) is 0.221. The molecule has 22 heavy (non-hydrogen) atoms. The first-order valence-corrected chi connectivity index (χ1v) is 7.68. The molecule has 1 N–H and O–H groups in total. The lowest BCUT2D eigenvalue weighted by atomic mass is 10.2. The summed E-state index contributed by atoms with van der Waals surface area (Å²) in [5.41, 5.74) is 1.38. The first kappa shape index (κ1) is 16.5. The number of carbonyl (C=O) groups excluding carboxylic acids is 2. The van der Waals surface area contributed by atoms with Crippen molar-refractivity contribution >= 4 is 29.6 Å². The number of hydrogen-bond acceptors (Lipinski definition) is 4. The Morgan fingerprint density at radius 1 is 1.45 bits per heavy atom. The molecule has 0 spiro atoms. The molecule has 0 saturated heterocycles. The van der Waals surface area contributed by atoms with Crippen LogP contribution in [0.15, 0.2) is 6.08 Å². The fraction of sp³-hybridized carbons (Fsp3) is 0.533. The lowest BCUT2D eigenvalue weighted by molar-refractivity contribution is -0.144. The van der Waals surface area contributed by atoms with Gasteiger partial charge in [-0.15, -0.1) is 0 Å². The van der Waals surface area contributed by atoms with Gasteiger partial charge < -0.3 is 10.1 Å². The van der Waals surface area contributed by atoms with Crippen LogP contribution in [-0.2, 0) is 21.4 Å². The molecular formula is C15H20ClN3O3. The Bertz CT molecular complexity index is 589. The second-order valence-corrected chi connectivity index (χ2v) is 5.76. The van der Waals surface area contributed by atoms with Gasteiger partial charge in [-0.3, -0.25) is 9.48 Å². The molecule has 1 heterocycles. The van der Waals surface area contributed by atoms with Crippen molar-refractivity contribution in [3.63, 3.8) is 0 Å². The third-order valence-corrected chi connectivity index (χ3v) is 4.10. The summed E-state index contributed by atoms with van der Waals surface area (Å²) in [4.78, 5) is 23.3. The van der Waals surface area contributed by atoms with Crippen LogP contribution in [-0.4, -0.2) is 34.3 Å². The van der Waals surface area contributed by atoms with E-state index in [-0.39, 0.29) is 18.6 Å². The van der Waals surface area contributed by atoms with E-state index in [4.69, 9.17) is 16.3 Å². The van der Waals surface area contributed by atoms with Gasteiger partial charge in [0.2, 0.25) is 0 Å². The number of nitrogens with one attached hydrogen (secondary N) is 1. The van der Waals surface area contributed by atoms with Crippen molar-refractivity contribution in [1.29, 1.82) is 0 Å². The monoisotopic (exact) mass is 325 g/mol. The highest BCUT2D eigenvalue weighted by atomic mass is 35.5. The third-order valence-electron chi connectivity index (χ3n) is 3.65. The lowest BCUT2D eigenvalue weighted by Gasteiger charge is -2.11. The molecule has 1 saturated carbocycles. The van der Waals surface area contributed by atoms with Crippen LogP contribution in [0.25, 0.3) is 6.08 Å². The molecule has 6 nitrogen and oxygen atoms in total. The third kappa shape index (κ3) is 4.34. The summed E-state index contributed by atoms with van der Waals surface area (Å²) in [7, 11) is 1.72. The van der Waals surface area contributed by atoms with Crippen LogP contribution >= 0.6 is 11.6 Å². The normalized spacial score (nSPS) is 15.4. The zero-order chi connectivity index (χ0) is 16.1. The van der Waals surface area contributed by atoms with E-state index < -0.39 is 5.97 Å². The molecule has 120 valence electrons. The average Bonchev–Trinajstić information content (AvgIpc) is 3.05. The van der Waals surface area contributed by atoms with Crippen LogP contribution < -0.4 is 5.32 Å². The highest BCUT2D eigenvalue weighted by molar-refractivity contribution is 6.31. The Morgan fingerprint density at radius 2 is 2.14 bits per heavy atom. The lowest BCUT2D eigenvalue weighted by Crippen LogP contribution is -2.35. The van der Waals surface area contributed by atoms with Crippen molar-refractivity contribution in [3.05, 3.63) is 22.5 Å². The van der Waals surface area contributed by atoms with Crippen LogP contribution in [0.5, 0.6) is 0 Å². The summed E-state index contributed by atoms with van der Waals surface area (Å²) in [6.45, 7) is 1.53. The van der Waals surface area contributed by atoms with Crippen molar-refractivity contribution in [2.75, 3.05) is 6.61 Å². The average molecular weight is 326 g/mol. The number of rotatable bonds is 5. The number of nitrogens with zero attached hydrogens (tertiary/aromatic N) is 2. The molecule has 0 aromatic carbocycles. The van der Waals surface area contributed by atoms with Gasteiger partial charge in [0, 0.05) is 24.7 Å². The van der Waals surface area contributed by atoms with Crippen LogP contribution in [0, 0.1) is 6.92 Å². The largest absolute Gasteiger partial charge is 0.452 e. The number of aryl methyl sites for hydroxylation is 2. The predicted molar refractivity (Wildman–Crippen MR) is 83.3 cm³/mol. The van der Waals surface area contributed by atoms with E-state index >= 15 is 0 Å². The van der Waals surface area contributed by atoms with E-state index in [1.165, 1.54) is 10.8 Å².